The van der Waals surface area contributed by atoms with Crippen molar-refractivity contribution < 1.29 is 9.53 Å². The van der Waals surface area contributed by atoms with Crippen molar-refractivity contribution in [3.05, 3.63) is 71.8 Å². The highest BCUT2D eigenvalue weighted by Crippen LogP contribution is 2.34. The quantitative estimate of drug-likeness (QED) is 0.711. The van der Waals surface area contributed by atoms with Gasteiger partial charge in [-0.3, -0.25) is 9.69 Å². The van der Waals surface area contributed by atoms with Crippen LogP contribution in [0.25, 0.3) is 22.5 Å². The van der Waals surface area contributed by atoms with Gasteiger partial charge in [-0.1, -0.05) is 60.7 Å². The zero-order valence-corrected chi connectivity index (χ0v) is 14.7. The second-order valence-electron chi connectivity index (χ2n) is 6.51. The highest BCUT2D eigenvalue weighted by molar-refractivity contribution is 5.92. The van der Waals surface area contributed by atoms with Gasteiger partial charge < -0.3 is 9.72 Å². The summed E-state index contributed by atoms with van der Waals surface area (Å²) >= 11 is 0. The van der Waals surface area contributed by atoms with Crippen LogP contribution in [0.1, 0.15) is 15.9 Å². The largest absolute Gasteiger partial charge is 0.379 e. The lowest BCUT2D eigenvalue weighted by Gasteiger charge is -2.27. The standard InChI is InChI=1S/C22H22N2O2/c25-16-20-19(15-24-11-13-26-14-12-24)21(17-7-3-1-4-8-17)23-22(20)18-9-5-2-6-10-18/h1-10,16,23H,11-15H2. The fourth-order valence-electron chi connectivity index (χ4n) is 3.51. The van der Waals surface area contributed by atoms with E-state index >= 15 is 0 Å². The number of aromatic nitrogens is 1. The van der Waals surface area contributed by atoms with Crippen molar-refractivity contribution in [2.24, 2.45) is 0 Å². The van der Waals surface area contributed by atoms with Crippen molar-refractivity contribution in [3.63, 3.8) is 0 Å². The molecule has 2 aromatic carbocycles. The van der Waals surface area contributed by atoms with Crippen molar-refractivity contribution >= 4 is 6.29 Å². The first-order valence-electron chi connectivity index (χ1n) is 8.98. The van der Waals surface area contributed by atoms with Crippen LogP contribution in [0.4, 0.5) is 0 Å². The summed E-state index contributed by atoms with van der Waals surface area (Å²) < 4.78 is 5.46. The zero-order chi connectivity index (χ0) is 17.8. The first kappa shape index (κ1) is 16.8. The summed E-state index contributed by atoms with van der Waals surface area (Å²) in [5, 5.41) is 0. The molecule has 0 spiro atoms. The molecule has 0 amide bonds. The molecule has 0 radical (unpaired) electrons. The second-order valence-corrected chi connectivity index (χ2v) is 6.51. The van der Waals surface area contributed by atoms with Crippen LogP contribution < -0.4 is 0 Å². The fraction of sp³-hybridized carbons (Fsp3) is 0.227. The fourth-order valence-corrected chi connectivity index (χ4v) is 3.51. The van der Waals surface area contributed by atoms with Gasteiger partial charge in [-0.05, 0) is 11.1 Å². The Labute approximate surface area is 153 Å². The molecule has 4 nitrogen and oxygen atoms in total. The number of nitrogens with one attached hydrogen (secondary N) is 1. The Morgan fingerprint density at radius 2 is 1.46 bits per heavy atom. The second kappa shape index (κ2) is 7.68. The van der Waals surface area contributed by atoms with E-state index in [1.807, 2.05) is 48.5 Å². The maximum atomic E-state index is 12.0. The zero-order valence-electron chi connectivity index (χ0n) is 14.7. The van der Waals surface area contributed by atoms with Crippen LogP contribution >= 0.6 is 0 Å². The molecule has 0 unspecified atom stereocenters. The summed E-state index contributed by atoms with van der Waals surface area (Å²) in [6.07, 6.45) is 0.987. The van der Waals surface area contributed by atoms with Gasteiger partial charge in [0.15, 0.2) is 6.29 Å². The topological polar surface area (TPSA) is 45.3 Å². The van der Waals surface area contributed by atoms with Crippen LogP contribution in [0.15, 0.2) is 60.7 Å². The average Bonchev–Trinajstić information content (AvgIpc) is 3.08. The normalized spacial score (nSPS) is 15.1. The molecule has 4 rings (SSSR count). The number of ether oxygens (including phenoxy) is 1. The van der Waals surface area contributed by atoms with Gasteiger partial charge in [0, 0.05) is 30.8 Å². The van der Waals surface area contributed by atoms with Gasteiger partial charge in [0.25, 0.3) is 0 Å². The number of nitrogens with zero attached hydrogens (tertiary/aromatic N) is 1. The number of carbonyl (C=O) groups is 1. The molecule has 1 fully saturated rings. The molecular formula is C22H22N2O2. The molecule has 26 heavy (non-hydrogen) atoms. The van der Waals surface area contributed by atoms with Crippen molar-refractivity contribution in [3.8, 4) is 22.5 Å². The minimum Gasteiger partial charge on any atom is -0.379 e. The van der Waals surface area contributed by atoms with Gasteiger partial charge in [-0.25, -0.2) is 0 Å². The predicted octanol–water partition coefficient (Wildman–Crippen LogP) is 3.99. The summed E-state index contributed by atoms with van der Waals surface area (Å²) in [5.41, 5.74) is 5.86. The molecule has 2 heterocycles. The van der Waals surface area contributed by atoms with Crippen molar-refractivity contribution in [2.75, 3.05) is 26.3 Å². The summed E-state index contributed by atoms with van der Waals surface area (Å²) in [5.74, 6) is 0. The highest BCUT2D eigenvalue weighted by Gasteiger charge is 2.22. The smallest absolute Gasteiger partial charge is 0.152 e. The van der Waals surface area contributed by atoms with E-state index in [2.05, 4.69) is 22.0 Å². The molecule has 1 aliphatic heterocycles. The van der Waals surface area contributed by atoms with Crippen molar-refractivity contribution in [2.45, 2.75) is 6.54 Å². The van der Waals surface area contributed by atoms with Crippen LogP contribution in [-0.4, -0.2) is 42.5 Å². The average molecular weight is 346 g/mol. The number of aldehydes is 1. The Morgan fingerprint density at radius 1 is 0.885 bits per heavy atom. The third-order valence-corrected chi connectivity index (χ3v) is 4.87. The summed E-state index contributed by atoms with van der Waals surface area (Å²) in [6, 6.07) is 20.3. The van der Waals surface area contributed by atoms with E-state index in [0.717, 1.165) is 72.8 Å². The molecule has 0 bridgehead atoms. The van der Waals surface area contributed by atoms with Gasteiger partial charge in [-0.2, -0.15) is 0 Å². The number of rotatable bonds is 5. The predicted molar refractivity (Wildman–Crippen MR) is 103 cm³/mol. The number of benzene rings is 2. The van der Waals surface area contributed by atoms with Crippen molar-refractivity contribution in [1.29, 1.82) is 0 Å². The monoisotopic (exact) mass is 346 g/mol. The maximum Gasteiger partial charge on any atom is 0.152 e. The molecule has 1 aromatic heterocycles. The molecule has 1 aliphatic rings. The molecule has 0 atom stereocenters. The molecule has 1 N–H and O–H groups in total. The number of morpholine rings is 1. The van der Waals surface area contributed by atoms with Gasteiger partial charge in [0.05, 0.1) is 24.6 Å². The summed E-state index contributed by atoms with van der Waals surface area (Å²) in [6.45, 7) is 4.00. The third-order valence-electron chi connectivity index (χ3n) is 4.87. The van der Waals surface area contributed by atoms with Crippen LogP contribution in [0, 0.1) is 0 Å². The molecule has 4 heteroatoms. The molecule has 0 aliphatic carbocycles. The third kappa shape index (κ3) is 3.34. The van der Waals surface area contributed by atoms with E-state index in [-0.39, 0.29) is 0 Å². The lowest BCUT2D eigenvalue weighted by Crippen LogP contribution is -2.35. The minimum atomic E-state index is 0.741. The summed E-state index contributed by atoms with van der Waals surface area (Å²) in [4.78, 5) is 17.9. The summed E-state index contributed by atoms with van der Waals surface area (Å²) in [7, 11) is 0. The SMILES string of the molecule is O=Cc1c(-c2ccccc2)[nH]c(-c2ccccc2)c1CN1CCOCC1. The Hall–Kier alpha value is -2.69. The molecule has 0 saturated carbocycles. The lowest BCUT2D eigenvalue weighted by molar-refractivity contribution is 0.0342. The van der Waals surface area contributed by atoms with E-state index in [4.69, 9.17) is 4.74 Å². The van der Waals surface area contributed by atoms with Gasteiger partial charge in [0.2, 0.25) is 0 Å². The first-order valence-corrected chi connectivity index (χ1v) is 8.98. The van der Waals surface area contributed by atoms with Gasteiger partial charge in [-0.15, -0.1) is 0 Å². The Kier molecular flexibility index (Phi) is 4.95. The number of aromatic amines is 1. The van der Waals surface area contributed by atoms with Crippen LogP contribution in [-0.2, 0) is 11.3 Å². The number of H-pyrrole nitrogens is 1. The molecular weight excluding hydrogens is 324 g/mol. The Bertz CT molecular complexity index is 866. The van der Waals surface area contributed by atoms with E-state index in [1.54, 1.807) is 0 Å². The van der Waals surface area contributed by atoms with E-state index < -0.39 is 0 Å². The van der Waals surface area contributed by atoms with E-state index in [0.29, 0.717) is 0 Å². The maximum absolute atomic E-state index is 12.0. The highest BCUT2D eigenvalue weighted by atomic mass is 16.5. The van der Waals surface area contributed by atoms with Crippen LogP contribution in [0.3, 0.4) is 0 Å². The Morgan fingerprint density at radius 3 is 2.04 bits per heavy atom. The van der Waals surface area contributed by atoms with E-state index in [9.17, 15) is 4.79 Å². The first-order chi connectivity index (χ1) is 12.9. The van der Waals surface area contributed by atoms with E-state index in [1.165, 1.54) is 0 Å². The van der Waals surface area contributed by atoms with Crippen molar-refractivity contribution in [1.82, 2.24) is 9.88 Å². The lowest BCUT2D eigenvalue weighted by atomic mass is 10.0. The van der Waals surface area contributed by atoms with Gasteiger partial charge >= 0.3 is 0 Å². The Balaban J connectivity index is 1.83. The van der Waals surface area contributed by atoms with Gasteiger partial charge in [0.1, 0.15) is 0 Å². The number of hydrogen-bond donors (Lipinski definition) is 1. The number of carbonyl (C=O) groups excluding carboxylic acids is 1. The van der Waals surface area contributed by atoms with Crippen LogP contribution in [0.5, 0.6) is 0 Å². The van der Waals surface area contributed by atoms with Crippen LogP contribution in [0.2, 0.25) is 0 Å². The number of hydrogen-bond acceptors (Lipinski definition) is 3. The molecule has 3 aromatic rings. The molecule has 1 saturated heterocycles. The minimum absolute atomic E-state index is 0.741. The molecule has 132 valence electrons.